The molecule has 0 unspecified atom stereocenters. The molecule has 29 heavy (non-hydrogen) atoms. The Morgan fingerprint density at radius 3 is 2.62 bits per heavy atom. The number of para-hydroxylation sites is 1. The monoisotopic (exact) mass is 446 g/mol. The quantitative estimate of drug-likeness (QED) is 0.388. The molecule has 0 saturated heterocycles. The Labute approximate surface area is 178 Å². The summed E-state index contributed by atoms with van der Waals surface area (Å²) in [7, 11) is -0.410. The van der Waals surface area contributed by atoms with Gasteiger partial charge in [-0.2, -0.15) is 0 Å². The van der Waals surface area contributed by atoms with Crippen LogP contribution in [0.25, 0.3) is 21.3 Å². The van der Waals surface area contributed by atoms with Gasteiger partial charge in [-0.05, 0) is 36.8 Å². The van der Waals surface area contributed by atoms with E-state index in [1.165, 1.54) is 23.1 Å². The van der Waals surface area contributed by atoms with Crippen LogP contribution in [0, 0.1) is 0 Å². The second-order valence-electron chi connectivity index (χ2n) is 6.85. The van der Waals surface area contributed by atoms with Crippen molar-refractivity contribution in [3.63, 3.8) is 0 Å². The van der Waals surface area contributed by atoms with Gasteiger partial charge in [0.05, 0.1) is 31.9 Å². The standard InChI is InChI=1S/C20H22N4O2S3/c1-4-11-24-17-10-9-14(29(25,26)23(2)3)12-16(17)21-19(24)13-27-20-22-15-7-5-6-8-18(15)28-20/h5-10,12H,4,11,13H2,1-3H3. The number of thiazole rings is 1. The van der Waals surface area contributed by atoms with E-state index in [1.807, 2.05) is 24.3 Å². The van der Waals surface area contributed by atoms with E-state index >= 15 is 0 Å². The predicted octanol–water partition coefficient (Wildman–Crippen LogP) is 4.60. The van der Waals surface area contributed by atoms with Gasteiger partial charge in [-0.3, -0.25) is 0 Å². The Hall–Kier alpha value is -1.94. The summed E-state index contributed by atoms with van der Waals surface area (Å²) in [6, 6.07) is 13.3. The van der Waals surface area contributed by atoms with Crippen LogP contribution in [0.2, 0.25) is 0 Å². The van der Waals surface area contributed by atoms with Crippen molar-refractivity contribution in [2.24, 2.45) is 0 Å². The molecule has 2 heterocycles. The SMILES string of the molecule is CCCn1c(CSc2nc3ccccc3s2)nc2cc(S(=O)(=O)N(C)C)ccc21. The molecule has 4 aromatic rings. The van der Waals surface area contributed by atoms with E-state index in [-0.39, 0.29) is 4.90 Å². The Kier molecular flexibility index (Phi) is 5.65. The van der Waals surface area contributed by atoms with Crippen molar-refractivity contribution in [2.45, 2.75) is 34.9 Å². The van der Waals surface area contributed by atoms with Crippen molar-refractivity contribution < 1.29 is 8.42 Å². The Morgan fingerprint density at radius 1 is 1.10 bits per heavy atom. The molecule has 0 fully saturated rings. The highest BCUT2D eigenvalue weighted by Gasteiger charge is 2.20. The molecule has 0 aliphatic rings. The van der Waals surface area contributed by atoms with Crippen LogP contribution in [0.5, 0.6) is 0 Å². The summed E-state index contributed by atoms with van der Waals surface area (Å²) in [4.78, 5) is 9.72. The van der Waals surface area contributed by atoms with Gasteiger partial charge in [-0.25, -0.2) is 22.7 Å². The number of aryl methyl sites for hydroxylation is 1. The third kappa shape index (κ3) is 3.92. The van der Waals surface area contributed by atoms with Gasteiger partial charge in [-0.1, -0.05) is 30.8 Å². The highest BCUT2D eigenvalue weighted by atomic mass is 32.2. The fourth-order valence-corrected chi connectivity index (χ4v) is 6.09. The highest BCUT2D eigenvalue weighted by molar-refractivity contribution is 8.00. The molecule has 9 heteroatoms. The summed E-state index contributed by atoms with van der Waals surface area (Å²) in [6.45, 7) is 2.97. The van der Waals surface area contributed by atoms with Gasteiger partial charge in [-0.15, -0.1) is 11.3 Å². The third-order valence-electron chi connectivity index (χ3n) is 4.62. The number of thioether (sulfide) groups is 1. The first-order chi connectivity index (χ1) is 13.9. The van der Waals surface area contributed by atoms with Gasteiger partial charge in [0, 0.05) is 20.6 Å². The fourth-order valence-electron chi connectivity index (χ4n) is 3.15. The second kappa shape index (κ2) is 8.06. The number of nitrogens with zero attached hydrogens (tertiary/aromatic N) is 4. The van der Waals surface area contributed by atoms with Crippen LogP contribution in [0.3, 0.4) is 0 Å². The largest absolute Gasteiger partial charge is 0.327 e. The molecular formula is C20H22N4O2S3. The van der Waals surface area contributed by atoms with E-state index in [0.29, 0.717) is 11.3 Å². The first kappa shape index (κ1) is 20.3. The number of imidazole rings is 1. The van der Waals surface area contributed by atoms with Crippen molar-refractivity contribution in [2.75, 3.05) is 14.1 Å². The molecule has 2 aromatic carbocycles. The molecule has 0 amide bonds. The highest BCUT2D eigenvalue weighted by Crippen LogP contribution is 2.32. The van der Waals surface area contributed by atoms with E-state index in [4.69, 9.17) is 4.98 Å². The molecule has 4 rings (SSSR count). The van der Waals surface area contributed by atoms with Gasteiger partial charge in [0.25, 0.3) is 0 Å². The van der Waals surface area contributed by atoms with E-state index in [1.54, 1.807) is 35.2 Å². The van der Waals surface area contributed by atoms with Crippen LogP contribution in [0.15, 0.2) is 51.7 Å². The lowest BCUT2D eigenvalue weighted by Crippen LogP contribution is -2.22. The minimum atomic E-state index is -3.48. The van der Waals surface area contributed by atoms with Crippen LogP contribution >= 0.6 is 23.1 Å². The number of fused-ring (bicyclic) bond motifs is 2. The Morgan fingerprint density at radius 2 is 1.90 bits per heavy atom. The molecule has 0 spiro atoms. The molecule has 0 radical (unpaired) electrons. The van der Waals surface area contributed by atoms with Gasteiger partial charge < -0.3 is 4.57 Å². The predicted molar refractivity (Wildman–Crippen MR) is 120 cm³/mol. The molecular weight excluding hydrogens is 424 g/mol. The molecule has 0 saturated carbocycles. The molecule has 0 aliphatic heterocycles. The first-order valence-electron chi connectivity index (χ1n) is 9.30. The molecule has 0 atom stereocenters. The smallest absolute Gasteiger partial charge is 0.242 e. The summed E-state index contributed by atoms with van der Waals surface area (Å²) in [6.07, 6.45) is 0.974. The maximum absolute atomic E-state index is 12.5. The minimum Gasteiger partial charge on any atom is -0.327 e. The third-order valence-corrected chi connectivity index (χ3v) is 8.61. The average Bonchev–Trinajstić information content (AvgIpc) is 3.27. The molecule has 2 aromatic heterocycles. The van der Waals surface area contributed by atoms with E-state index < -0.39 is 10.0 Å². The lowest BCUT2D eigenvalue weighted by molar-refractivity contribution is 0.521. The number of rotatable bonds is 7. The zero-order valence-electron chi connectivity index (χ0n) is 16.5. The number of aromatic nitrogens is 3. The van der Waals surface area contributed by atoms with Gasteiger partial charge in [0.15, 0.2) is 4.34 Å². The summed E-state index contributed by atoms with van der Waals surface area (Å²) >= 11 is 3.35. The van der Waals surface area contributed by atoms with Crippen LogP contribution in [-0.4, -0.2) is 41.4 Å². The number of hydrogen-bond acceptors (Lipinski definition) is 6. The Balaban J connectivity index is 1.68. The van der Waals surface area contributed by atoms with E-state index in [2.05, 4.69) is 22.5 Å². The van der Waals surface area contributed by atoms with Crippen molar-refractivity contribution in [3.8, 4) is 0 Å². The number of benzene rings is 2. The average molecular weight is 447 g/mol. The first-order valence-corrected chi connectivity index (χ1v) is 12.5. The topological polar surface area (TPSA) is 68.1 Å². The normalized spacial score (nSPS) is 12.4. The Bertz CT molecular complexity index is 1240. The summed E-state index contributed by atoms with van der Waals surface area (Å²) in [5.41, 5.74) is 2.69. The molecule has 6 nitrogen and oxygen atoms in total. The zero-order chi connectivity index (χ0) is 20.6. The molecule has 0 aliphatic carbocycles. The van der Waals surface area contributed by atoms with Crippen molar-refractivity contribution in [1.82, 2.24) is 18.8 Å². The summed E-state index contributed by atoms with van der Waals surface area (Å²) < 4.78 is 30.5. The number of sulfonamides is 1. The summed E-state index contributed by atoms with van der Waals surface area (Å²) in [5.74, 6) is 1.62. The summed E-state index contributed by atoms with van der Waals surface area (Å²) in [5, 5.41) is 0. The maximum atomic E-state index is 12.5. The van der Waals surface area contributed by atoms with Crippen LogP contribution in [0.4, 0.5) is 0 Å². The lowest BCUT2D eigenvalue weighted by Gasteiger charge is -2.11. The molecule has 0 N–H and O–H groups in total. The second-order valence-corrected chi connectivity index (χ2v) is 11.3. The molecule has 152 valence electrons. The minimum absolute atomic E-state index is 0.265. The van der Waals surface area contributed by atoms with E-state index in [0.717, 1.165) is 34.2 Å². The van der Waals surface area contributed by atoms with Gasteiger partial charge >= 0.3 is 0 Å². The van der Waals surface area contributed by atoms with Gasteiger partial charge in [0.2, 0.25) is 10.0 Å². The van der Waals surface area contributed by atoms with Crippen molar-refractivity contribution in [3.05, 3.63) is 48.3 Å². The zero-order valence-corrected chi connectivity index (χ0v) is 18.9. The van der Waals surface area contributed by atoms with Gasteiger partial charge in [0.1, 0.15) is 5.82 Å². The number of hydrogen-bond donors (Lipinski definition) is 0. The van der Waals surface area contributed by atoms with Crippen LogP contribution in [0.1, 0.15) is 19.2 Å². The van der Waals surface area contributed by atoms with Crippen molar-refractivity contribution >= 4 is 54.4 Å². The fraction of sp³-hybridized carbons (Fsp3) is 0.300. The van der Waals surface area contributed by atoms with Crippen LogP contribution in [-0.2, 0) is 22.3 Å². The van der Waals surface area contributed by atoms with E-state index in [9.17, 15) is 8.42 Å². The van der Waals surface area contributed by atoms with Crippen LogP contribution < -0.4 is 0 Å². The van der Waals surface area contributed by atoms with Crippen molar-refractivity contribution in [1.29, 1.82) is 0 Å². The maximum Gasteiger partial charge on any atom is 0.242 e. The lowest BCUT2D eigenvalue weighted by atomic mass is 10.3. The molecule has 0 bridgehead atoms.